The molecule has 0 aliphatic carbocycles. The summed E-state index contributed by atoms with van der Waals surface area (Å²) in [6.07, 6.45) is 2.68. The fourth-order valence-electron chi connectivity index (χ4n) is 1.71. The van der Waals surface area contributed by atoms with Crippen LogP contribution in [0.15, 0.2) is 41.6 Å². The van der Waals surface area contributed by atoms with Crippen LogP contribution in [0.1, 0.15) is 11.1 Å². The average molecular weight is 265 g/mol. The molecule has 0 unspecified atom stereocenters. The van der Waals surface area contributed by atoms with Gasteiger partial charge >= 0.3 is 0 Å². The molecule has 2 rings (SSSR count). The summed E-state index contributed by atoms with van der Waals surface area (Å²) in [5, 5.41) is 6.17. The highest BCUT2D eigenvalue weighted by Crippen LogP contribution is 2.15. The van der Waals surface area contributed by atoms with Crippen molar-refractivity contribution in [1.82, 2.24) is 14.5 Å². The average Bonchev–Trinajstić information content (AvgIpc) is 2.82. The predicted molar refractivity (Wildman–Crippen MR) is 68.4 cm³/mol. The number of nitrogens with zero attached hydrogens (tertiary/aromatic N) is 2. The number of hydrogen-bond acceptors (Lipinski definition) is 3. The van der Waals surface area contributed by atoms with Crippen LogP contribution in [0.4, 0.5) is 0 Å². The van der Waals surface area contributed by atoms with Crippen molar-refractivity contribution in [2.75, 3.05) is 7.05 Å². The zero-order valence-electron chi connectivity index (χ0n) is 10.3. The highest BCUT2D eigenvalue weighted by molar-refractivity contribution is 7.89. The van der Waals surface area contributed by atoms with Gasteiger partial charge in [0.05, 0.1) is 6.20 Å². The lowest BCUT2D eigenvalue weighted by Gasteiger charge is -2.16. The summed E-state index contributed by atoms with van der Waals surface area (Å²) in [4.78, 5) is 0.178. The summed E-state index contributed by atoms with van der Waals surface area (Å²) < 4.78 is 25.6. The van der Waals surface area contributed by atoms with Crippen molar-refractivity contribution in [1.29, 1.82) is 0 Å². The molecule has 6 heteroatoms. The van der Waals surface area contributed by atoms with E-state index in [1.54, 1.807) is 7.05 Å². The van der Waals surface area contributed by atoms with Gasteiger partial charge in [-0.1, -0.05) is 29.8 Å². The molecule has 0 aliphatic rings. The quantitative estimate of drug-likeness (QED) is 0.912. The molecule has 18 heavy (non-hydrogen) atoms. The van der Waals surface area contributed by atoms with Crippen LogP contribution in [0.25, 0.3) is 0 Å². The Kier molecular flexibility index (Phi) is 3.49. The largest absolute Gasteiger partial charge is 0.284 e. The Morgan fingerprint density at radius 3 is 2.78 bits per heavy atom. The molecule has 0 fully saturated rings. The maximum Gasteiger partial charge on any atom is 0.246 e. The van der Waals surface area contributed by atoms with E-state index in [0.29, 0.717) is 6.54 Å². The van der Waals surface area contributed by atoms with Crippen molar-refractivity contribution in [2.24, 2.45) is 0 Å². The van der Waals surface area contributed by atoms with E-state index >= 15 is 0 Å². The van der Waals surface area contributed by atoms with E-state index in [4.69, 9.17) is 0 Å². The Balaban J connectivity index is 2.20. The van der Waals surface area contributed by atoms with Crippen molar-refractivity contribution >= 4 is 10.0 Å². The summed E-state index contributed by atoms with van der Waals surface area (Å²) in [7, 11) is -1.91. The Bertz CT molecular complexity index is 621. The molecule has 0 bridgehead atoms. The monoisotopic (exact) mass is 265 g/mol. The van der Waals surface area contributed by atoms with Gasteiger partial charge in [0.2, 0.25) is 10.0 Å². The second kappa shape index (κ2) is 4.91. The van der Waals surface area contributed by atoms with Gasteiger partial charge in [-0.05, 0) is 12.5 Å². The van der Waals surface area contributed by atoms with Gasteiger partial charge in [0.15, 0.2) is 0 Å². The zero-order chi connectivity index (χ0) is 13.2. The summed E-state index contributed by atoms with van der Waals surface area (Å²) in [5.74, 6) is 0. The molecule has 0 spiro atoms. The van der Waals surface area contributed by atoms with E-state index in [9.17, 15) is 8.42 Å². The van der Waals surface area contributed by atoms with E-state index < -0.39 is 10.0 Å². The van der Waals surface area contributed by atoms with E-state index in [1.807, 2.05) is 31.2 Å². The number of nitrogens with one attached hydrogen (secondary N) is 1. The molecule has 1 heterocycles. The lowest BCUT2D eigenvalue weighted by molar-refractivity contribution is 0.466. The first-order valence-electron chi connectivity index (χ1n) is 5.51. The van der Waals surface area contributed by atoms with Gasteiger partial charge in [-0.2, -0.15) is 9.40 Å². The van der Waals surface area contributed by atoms with Crippen molar-refractivity contribution in [3.63, 3.8) is 0 Å². The summed E-state index contributed by atoms with van der Waals surface area (Å²) in [6, 6.07) is 7.78. The molecule has 1 aromatic carbocycles. The molecule has 2 aromatic rings. The molecule has 0 saturated carbocycles. The molecular weight excluding hydrogens is 250 g/mol. The molecule has 5 nitrogen and oxygen atoms in total. The Morgan fingerprint density at radius 2 is 2.17 bits per heavy atom. The Morgan fingerprint density at radius 1 is 1.39 bits per heavy atom. The van der Waals surface area contributed by atoms with Gasteiger partial charge in [-0.25, -0.2) is 8.42 Å². The highest BCUT2D eigenvalue weighted by Gasteiger charge is 2.21. The van der Waals surface area contributed by atoms with E-state index in [0.717, 1.165) is 11.1 Å². The molecule has 0 amide bonds. The van der Waals surface area contributed by atoms with Crippen LogP contribution >= 0.6 is 0 Å². The lowest BCUT2D eigenvalue weighted by atomic mass is 10.1. The molecular formula is C12H15N3O2S. The fraction of sp³-hybridized carbons (Fsp3) is 0.250. The third-order valence-corrected chi connectivity index (χ3v) is 4.44. The van der Waals surface area contributed by atoms with Crippen LogP contribution in [0.5, 0.6) is 0 Å². The maximum absolute atomic E-state index is 12.1. The molecule has 0 radical (unpaired) electrons. The van der Waals surface area contributed by atoms with Crippen LogP contribution in [-0.4, -0.2) is 30.0 Å². The van der Waals surface area contributed by atoms with Crippen LogP contribution in [0, 0.1) is 6.92 Å². The number of aromatic amines is 1. The molecule has 0 saturated heterocycles. The molecule has 0 atom stereocenters. The third-order valence-electron chi connectivity index (χ3n) is 2.67. The van der Waals surface area contributed by atoms with Gasteiger partial charge in [0.1, 0.15) is 4.90 Å². The van der Waals surface area contributed by atoms with Crippen molar-refractivity contribution in [3.8, 4) is 0 Å². The number of sulfonamides is 1. The van der Waals surface area contributed by atoms with Crippen molar-refractivity contribution in [2.45, 2.75) is 18.4 Å². The summed E-state index contributed by atoms with van der Waals surface area (Å²) >= 11 is 0. The second-order valence-corrected chi connectivity index (χ2v) is 6.23. The van der Waals surface area contributed by atoms with Crippen molar-refractivity contribution in [3.05, 3.63) is 47.8 Å². The molecule has 1 aromatic heterocycles. The first-order valence-corrected chi connectivity index (χ1v) is 6.95. The number of benzene rings is 1. The first-order chi connectivity index (χ1) is 8.50. The van der Waals surface area contributed by atoms with E-state index in [-0.39, 0.29) is 4.90 Å². The smallest absolute Gasteiger partial charge is 0.246 e. The number of aryl methyl sites for hydroxylation is 1. The normalized spacial score (nSPS) is 11.9. The SMILES string of the molecule is Cc1cccc(CN(C)S(=O)(=O)c2cn[nH]c2)c1. The van der Waals surface area contributed by atoms with Crippen LogP contribution in [0.3, 0.4) is 0 Å². The minimum Gasteiger partial charge on any atom is -0.284 e. The predicted octanol–water partition coefficient (Wildman–Crippen LogP) is 1.54. The van der Waals surface area contributed by atoms with Crippen LogP contribution in [-0.2, 0) is 16.6 Å². The molecule has 1 N–H and O–H groups in total. The number of H-pyrrole nitrogens is 1. The highest BCUT2D eigenvalue weighted by atomic mass is 32.2. The standard InChI is InChI=1S/C12H15N3O2S/c1-10-4-3-5-11(6-10)9-15(2)18(16,17)12-7-13-14-8-12/h3-8H,9H2,1-2H3,(H,13,14). The van der Waals surface area contributed by atoms with Gasteiger partial charge in [0.25, 0.3) is 0 Å². The maximum atomic E-state index is 12.1. The zero-order valence-corrected chi connectivity index (χ0v) is 11.1. The molecule has 0 aliphatic heterocycles. The number of hydrogen-bond donors (Lipinski definition) is 1. The van der Waals surface area contributed by atoms with Crippen molar-refractivity contribution < 1.29 is 8.42 Å². The topological polar surface area (TPSA) is 66.1 Å². The minimum atomic E-state index is -3.47. The summed E-state index contributed by atoms with van der Waals surface area (Å²) in [5.41, 5.74) is 2.08. The van der Waals surface area contributed by atoms with Gasteiger partial charge < -0.3 is 0 Å². The number of rotatable bonds is 4. The van der Waals surface area contributed by atoms with E-state index in [2.05, 4.69) is 10.2 Å². The Hall–Kier alpha value is -1.66. The van der Waals surface area contributed by atoms with E-state index in [1.165, 1.54) is 16.7 Å². The van der Waals surface area contributed by atoms with Gasteiger partial charge in [-0.15, -0.1) is 0 Å². The van der Waals surface area contributed by atoms with Crippen LogP contribution < -0.4 is 0 Å². The molecule has 96 valence electrons. The first kappa shape index (κ1) is 12.8. The van der Waals surface area contributed by atoms with Crippen LogP contribution in [0.2, 0.25) is 0 Å². The Labute approximate surface area is 107 Å². The number of aromatic nitrogens is 2. The second-order valence-electron chi connectivity index (χ2n) is 4.18. The fourth-order valence-corrected chi connectivity index (χ4v) is 2.78. The summed E-state index contributed by atoms with van der Waals surface area (Å²) in [6.45, 7) is 2.32. The third kappa shape index (κ3) is 2.60. The van der Waals surface area contributed by atoms with Gasteiger partial charge in [-0.3, -0.25) is 5.10 Å². The minimum absolute atomic E-state index is 0.178. The lowest BCUT2D eigenvalue weighted by Crippen LogP contribution is -2.26. The van der Waals surface area contributed by atoms with Gasteiger partial charge in [0, 0.05) is 19.8 Å².